The lowest BCUT2D eigenvalue weighted by atomic mass is 9.83. The van der Waals surface area contributed by atoms with Crippen molar-refractivity contribution in [3.05, 3.63) is 29.1 Å². The van der Waals surface area contributed by atoms with Gasteiger partial charge < -0.3 is 14.4 Å². The lowest BCUT2D eigenvalue weighted by Crippen LogP contribution is -2.43. The number of aromatic carboxylic acids is 1. The Morgan fingerprint density at radius 3 is 2.57 bits per heavy atom. The Kier molecular flexibility index (Phi) is 5.07. The quantitative estimate of drug-likeness (QED) is 0.761. The van der Waals surface area contributed by atoms with E-state index in [0.29, 0.717) is 11.3 Å². The molecule has 6 nitrogen and oxygen atoms in total. The van der Waals surface area contributed by atoms with E-state index in [1.54, 1.807) is 31.4 Å². The number of esters is 1. The molecule has 0 fully saturated rings. The molecular formula is C19H23F3N2O4. The summed E-state index contributed by atoms with van der Waals surface area (Å²) in [5, 5.41) is 12.6. The van der Waals surface area contributed by atoms with Gasteiger partial charge in [-0.15, -0.1) is 0 Å². The average Bonchev–Trinajstić information content (AvgIpc) is 2.80. The minimum Gasteiger partial charge on any atom is -0.478 e. The van der Waals surface area contributed by atoms with Crippen LogP contribution in [-0.4, -0.2) is 46.0 Å². The number of nitrogens with one attached hydrogen (secondary N) is 1. The van der Waals surface area contributed by atoms with Gasteiger partial charge in [-0.2, -0.15) is 13.2 Å². The summed E-state index contributed by atoms with van der Waals surface area (Å²) in [4.78, 5) is 24.2. The second-order valence-electron chi connectivity index (χ2n) is 8.21. The first kappa shape index (κ1) is 20.4. The Morgan fingerprint density at radius 2 is 2.00 bits per heavy atom. The third kappa shape index (κ3) is 4.24. The Labute approximate surface area is 160 Å². The zero-order valence-electron chi connectivity index (χ0n) is 15.9. The number of carbonyl (C=O) groups is 2. The molecule has 2 atom stereocenters. The van der Waals surface area contributed by atoms with Gasteiger partial charge in [0, 0.05) is 25.0 Å². The summed E-state index contributed by atoms with van der Waals surface area (Å²) in [6, 6.07) is -0.732. The van der Waals surface area contributed by atoms with E-state index >= 15 is 0 Å². The van der Waals surface area contributed by atoms with Crippen LogP contribution in [0.3, 0.4) is 0 Å². The summed E-state index contributed by atoms with van der Waals surface area (Å²) in [6.45, 7) is 5.55. The number of rotatable bonds is 3. The second-order valence-corrected chi connectivity index (χ2v) is 8.21. The zero-order chi connectivity index (χ0) is 20.9. The van der Waals surface area contributed by atoms with Crippen molar-refractivity contribution >= 4 is 17.5 Å². The van der Waals surface area contributed by atoms with E-state index in [1.165, 1.54) is 6.20 Å². The Morgan fingerprint density at radius 1 is 1.32 bits per heavy atom. The maximum absolute atomic E-state index is 13.0. The smallest absolute Gasteiger partial charge is 0.389 e. The molecule has 1 aliphatic carbocycles. The van der Waals surface area contributed by atoms with Crippen LogP contribution in [0.15, 0.2) is 12.3 Å². The van der Waals surface area contributed by atoms with E-state index in [1.807, 2.05) is 0 Å². The number of allylic oxidation sites excluding steroid dienone is 1. The molecule has 2 aliphatic rings. The molecule has 0 radical (unpaired) electrons. The molecule has 2 unspecified atom stereocenters. The molecule has 0 saturated carbocycles. The summed E-state index contributed by atoms with van der Waals surface area (Å²) in [5.41, 5.74) is 0.545. The fraction of sp³-hybridized carbons (Fsp3) is 0.579. The number of carboxylic acids is 1. The summed E-state index contributed by atoms with van der Waals surface area (Å²) >= 11 is 0. The number of hydrogen-bond acceptors (Lipinski definition) is 4. The Bertz CT molecular complexity index is 833. The van der Waals surface area contributed by atoms with E-state index in [4.69, 9.17) is 4.74 Å². The largest absolute Gasteiger partial charge is 0.478 e. The van der Waals surface area contributed by atoms with Gasteiger partial charge in [0.2, 0.25) is 0 Å². The second kappa shape index (κ2) is 6.95. The SMILES string of the molecule is CC(C)(C)OC(=O)C1Cn2cc(C(=O)O)c3c2C(=CCC3CC(F)(F)F)CN1. The maximum atomic E-state index is 13.0. The van der Waals surface area contributed by atoms with Gasteiger partial charge in [0.15, 0.2) is 0 Å². The van der Waals surface area contributed by atoms with E-state index in [2.05, 4.69) is 5.32 Å². The zero-order valence-corrected chi connectivity index (χ0v) is 15.9. The van der Waals surface area contributed by atoms with Gasteiger partial charge >= 0.3 is 18.1 Å². The first-order chi connectivity index (χ1) is 12.9. The van der Waals surface area contributed by atoms with Gasteiger partial charge in [-0.25, -0.2) is 4.79 Å². The van der Waals surface area contributed by atoms with Crippen LogP contribution in [0, 0.1) is 0 Å². The monoisotopic (exact) mass is 400 g/mol. The molecule has 154 valence electrons. The van der Waals surface area contributed by atoms with Crippen LogP contribution in [0.2, 0.25) is 0 Å². The predicted octanol–water partition coefficient (Wildman–Crippen LogP) is 3.32. The highest BCUT2D eigenvalue weighted by Gasteiger charge is 2.40. The minimum atomic E-state index is -4.40. The molecule has 0 spiro atoms. The van der Waals surface area contributed by atoms with Crippen LogP contribution in [0.4, 0.5) is 13.2 Å². The molecule has 2 heterocycles. The molecular weight excluding hydrogens is 377 g/mol. The third-order valence-electron chi connectivity index (χ3n) is 4.80. The summed E-state index contributed by atoms with van der Waals surface area (Å²) < 4.78 is 46.0. The van der Waals surface area contributed by atoms with Gasteiger partial charge in [0.25, 0.3) is 0 Å². The highest BCUT2D eigenvalue weighted by Crippen LogP contribution is 2.44. The van der Waals surface area contributed by atoms with Crippen molar-refractivity contribution in [1.29, 1.82) is 0 Å². The lowest BCUT2D eigenvalue weighted by Gasteiger charge is -2.25. The van der Waals surface area contributed by atoms with Gasteiger partial charge in [-0.05, 0) is 44.2 Å². The van der Waals surface area contributed by atoms with E-state index in [0.717, 1.165) is 0 Å². The first-order valence-electron chi connectivity index (χ1n) is 9.04. The standard InChI is InChI=1S/C19H23F3N2O4/c1-18(2,3)28-17(27)13-9-24-8-12(16(25)26)14-10(6-19(20,21)22)4-5-11(7-23-13)15(14)24/h5,8,10,13,23H,4,6-7,9H2,1-3H3,(H,25,26). The number of alkyl halides is 3. The molecule has 1 aromatic heterocycles. The number of hydrogen-bond donors (Lipinski definition) is 2. The first-order valence-corrected chi connectivity index (χ1v) is 9.04. The molecule has 9 heteroatoms. The number of aromatic nitrogens is 1. The lowest BCUT2D eigenvalue weighted by molar-refractivity contribution is -0.157. The van der Waals surface area contributed by atoms with Crippen molar-refractivity contribution in [3.8, 4) is 0 Å². The highest BCUT2D eigenvalue weighted by atomic mass is 19.4. The number of halogens is 3. The van der Waals surface area contributed by atoms with E-state index in [9.17, 15) is 27.9 Å². The van der Waals surface area contributed by atoms with Crippen molar-refractivity contribution in [3.63, 3.8) is 0 Å². The molecule has 1 aromatic rings. The molecule has 1 aliphatic heterocycles. The summed E-state index contributed by atoms with van der Waals surface area (Å²) in [5.74, 6) is -2.71. The molecule has 0 aromatic carbocycles. The average molecular weight is 400 g/mol. The summed E-state index contributed by atoms with van der Waals surface area (Å²) in [7, 11) is 0. The highest BCUT2D eigenvalue weighted by molar-refractivity contribution is 5.92. The van der Waals surface area contributed by atoms with Crippen LogP contribution in [0.25, 0.3) is 5.57 Å². The van der Waals surface area contributed by atoms with Crippen molar-refractivity contribution in [2.75, 3.05) is 6.54 Å². The molecule has 0 bridgehead atoms. The van der Waals surface area contributed by atoms with E-state index in [-0.39, 0.29) is 30.6 Å². The van der Waals surface area contributed by atoms with Crippen molar-refractivity contribution in [2.45, 2.75) is 63.9 Å². The predicted molar refractivity (Wildman–Crippen MR) is 95.0 cm³/mol. The molecule has 0 amide bonds. The molecule has 0 saturated heterocycles. The van der Waals surface area contributed by atoms with Crippen LogP contribution < -0.4 is 5.32 Å². The van der Waals surface area contributed by atoms with Crippen LogP contribution in [0.1, 0.15) is 61.1 Å². The van der Waals surface area contributed by atoms with Gasteiger partial charge in [-0.3, -0.25) is 10.1 Å². The third-order valence-corrected chi connectivity index (χ3v) is 4.80. The number of nitrogens with zero attached hydrogens (tertiary/aromatic N) is 1. The Balaban J connectivity index is 2.00. The van der Waals surface area contributed by atoms with Crippen molar-refractivity contribution in [2.24, 2.45) is 0 Å². The number of carbonyl (C=O) groups excluding carboxylic acids is 1. The van der Waals surface area contributed by atoms with Gasteiger partial charge in [-0.1, -0.05) is 6.08 Å². The van der Waals surface area contributed by atoms with Crippen LogP contribution in [-0.2, 0) is 16.1 Å². The molecule has 2 N–H and O–H groups in total. The number of carboxylic acid groups (broad SMARTS) is 1. The molecule has 3 rings (SSSR count). The number of ether oxygens (including phenoxy) is 1. The maximum Gasteiger partial charge on any atom is 0.389 e. The molecule has 28 heavy (non-hydrogen) atoms. The topological polar surface area (TPSA) is 80.6 Å². The van der Waals surface area contributed by atoms with Crippen LogP contribution >= 0.6 is 0 Å². The minimum absolute atomic E-state index is 0.0839. The normalized spacial score (nSPS) is 22.1. The van der Waals surface area contributed by atoms with Gasteiger partial charge in [0.1, 0.15) is 11.6 Å². The summed E-state index contributed by atoms with van der Waals surface area (Å²) in [6.07, 6.45) is -2.35. The van der Waals surface area contributed by atoms with Gasteiger partial charge in [0.05, 0.1) is 12.0 Å². The Hall–Kier alpha value is -2.29. The van der Waals surface area contributed by atoms with Crippen molar-refractivity contribution < 1.29 is 32.6 Å². The fourth-order valence-electron chi connectivity index (χ4n) is 3.80. The van der Waals surface area contributed by atoms with Crippen molar-refractivity contribution in [1.82, 2.24) is 9.88 Å². The van der Waals surface area contributed by atoms with E-state index < -0.39 is 42.1 Å². The van der Waals surface area contributed by atoms with Crippen LogP contribution in [0.5, 0.6) is 0 Å². The fourth-order valence-corrected chi connectivity index (χ4v) is 3.80.